The summed E-state index contributed by atoms with van der Waals surface area (Å²) >= 11 is 0. The third-order valence-electron chi connectivity index (χ3n) is 5.91. The van der Waals surface area contributed by atoms with Crippen molar-refractivity contribution in [3.05, 3.63) is 23.8 Å². The molecule has 1 unspecified atom stereocenters. The van der Waals surface area contributed by atoms with E-state index < -0.39 is 36.7 Å². The Morgan fingerprint density at radius 3 is 2.63 bits per heavy atom. The maximum Gasteiger partial charge on any atom is 0.310 e. The minimum atomic E-state index is -3.90. The van der Waals surface area contributed by atoms with E-state index in [9.17, 15) is 21.6 Å². The first kappa shape index (κ1) is 23.0. The van der Waals surface area contributed by atoms with Crippen LogP contribution in [0.2, 0.25) is 0 Å². The molecular formula is C20H29NO7S2. The topological polar surface area (TPSA) is 107 Å². The summed E-state index contributed by atoms with van der Waals surface area (Å²) in [4.78, 5) is 14.1. The number of sulfone groups is 2. The molecule has 0 radical (unpaired) electrons. The van der Waals surface area contributed by atoms with Crippen LogP contribution in [0.5, 0.6) is 5.75 Å². The summed E-state index contributed by atoms with van der Waals surface area (Å²) in [5.41, 5.74) is 0.663. The number of carbonyl (C=O) groups is 1. The van der Waals surface area contributed by atoms with Crippen molar-refractivity contribution in [2.24, 2.45) is 5.92 Å². The molecule has 0 saturated carbocycles. The molecule has 0 spiro atoms. The molecule has 0 bridgehead atoms. The number of likely N-dealkylation sites (tertiary alicyclic amines) is 1. The molecule has 168 valence electrons. The molecule has 1 aromatic carbocycles. The number of aryl methyl sites for hydroxylation is 1. The number of nitrogens with zero attached hydrogens (tertiary/aromatic N) is 1. The molecule has 2 fully saturated rings. The van der Waals surface area contributed by atoms with Gasteiger partial charge in [0.1, 0.15) is 5.75 Å². The van der Waals surface area contributed by atoms with Gasteiger partial charge in [-0.3, -0.25) is 9.69 Å². The number of piperidine rings is 1. The lowest BCUT2D eigenvalue weighted by Crippen LogP contribution is -2.51. The van der Waals surface area contributed by atoms with Crippen LogP contribution < -0.4 is 4.74 Å². The van der Waals surface area contributed by atoms with E-state index in [-0.39, 0.29) is 29.1 Å². The van der Waals surface area contributed by atoms with Crippen LogP contribution in [0.4, 0.5) is 0 Å². The zero-order valence-electron chi connectivity index (χ0n) is 17.5. The summed E-state index contributed by atoms with van der Waals surface area (Å²) < 4.78 is 62.1. The molecule has 8 nitrogen and oxygen atoms in total. The second-order valence-corrected chi connectivity index (χ2v) is 12.3. The minimum absolute atomic E-state index is 0.0897. The highest BCUT2D eigenvalue weighted by Crippen LogP contribution is 2.33. The Balaban J connectivity index is 1.90. The summed E-state index contributed by atoms with van der Waals surface area (Å²) in [5.74, 6) is -0.743. The monoisotopic (exact) mass is 459 g/mol. The summed E-state index contributed by atoms with van der Waals surface area (Å²) in [7, 11) is -5.91. The zero-order valence-corrected chi connectivity index (χ0v) is 19.2. The summed E-state index contributed by atoms with van der Waals surface area (Å²) in [6.07, 6.45) is 1.35. The molecule has 2 aliphatic heterocycles. The van der Waals surface area contributed by atoms with Crippen LogP contribution in [-0.2, 0) is 29.2 Å². The highest BCUT2D eigenvalue weighted by atomic mass is 32.2. The van der Waals surface area contributed by atoms with Crippen molar-refractivity contribution in [2.75, 3.05) is 38.3 Å². The fraction of sp³-hybridized carbons (Fsp3) is 0.650. The predicted octanol–water partition coefficient (Wildman–Crippen LogP) is 1.22. The van der Waals surface area contributed by atoms with Crippen LogP contribution in [-0.4, -0.2) is 77.3 Å². The van der Waals surface area contributed by atoms with Crippen molar-refractivity contribution in [3.8, 4) is 5.75 Å². The summed E-state index contributed by atoms with van der Waals surface area (Å²) in [6, 6.07) is 3.88. The number of esters is 1. The Hall–Kier alpha value is -1.65. The number of benzene rings is 1. The first-order valence-electron chi connectivity index (χ1n) is 10.1. The summed E-state index contributed by atoms with van der Waals surface area (Å²) in [6.45, 7) is 4.63. The van der Waals surface area contributed by atoms with Gasteiger partial charge in [0, 0.05) is 12.6 Å². The fourth-order valence-corrected chi connectivity index (χ4v) is 9.31. The molecular weight excluding hydrogens is 430 g/mol. The maximum absolute atomic E-state index is 13.4. The quantitative estimate of drug-likeness (QED) is 0.585. The molecule has 0 amide bonds. The molecule has 0 aromatic heterocycles. The van der Waals surface area contributed by atoms with E-state index >= 15 is 0 Å². The zero-order chi connectivity index (χ0) is 22.1. The first-order chi connectivity index (χ1) is 14.1. The average molecular weight is 460 g/mol. The Morgan fingerprint density at radius 2 is 2.00 bits per heavy atom. The number of methoxy groups -OCH3 is 1. The third kappa shape index (κ3) is 4.65. The van der Waals surface area contributed by atoms with Gasteiger partial charge in [0.05, 0.1) is 41.3 Å². The molecule has 10 heteroatoms. The fourth-order valence-electron chi connectivity index (χ4n) is 4.40. The number of carbonyl (C=O) groups excluding carboxylic acids is 1. The molecule has 30 heavy (non-hydrogen) atoms. The van der Waals surface area contributed by atoms with Crippen molar-refractivity contribution in [1.82, 2.24) is 4.90 Å². The standard InChI is InChI=1S/C20H29NO7S2/c1-4-28-20(22)15-6-5-9-21(11-15)17-12-29(23,24)13-19(17)30(25,26)16-7-8-18(27-3)14(2)10-16/h7-8,10,15,17,19H,4-6,9,11-13H2,1-3H3/t15?,17-,19-/m0/s1. The molecule has 0 N–H and O–H groups in total. The van der Waals surface area contributed by atoms with E-state index in [2.05, 4.69) is 0 Å². The second-order valence-electron chi connectivity index (χ2n) is 7.95. The summed E-state index contributed by atoms with van der Waals surface area (Å²) in [5, 5.41) is -1.07. The maximum atomic E-state index is 13.4. The van der Waals surface area contributed by atoms with Crippen LogP contribution >= 0.6 is 0 Å². The number of hydrogen-bond donors (Lipinski definition) is 0. The van der Waals surface area contributed by atoms with E-state index in [4.69, 9.17) is 9.47 Å². The SMILES string of the molecule is CCOC(=O)C1CCCN([C@H]2CS(=O)(=O)C[C@@H]2S(=O)(=O)c2ccc(OC)c(C)c2)C1. The van der Waals surface area contributed by atoms with Gasteiger partial charge in [-0.1, -0.05) is 0 Å². The van der Waals surface area contributed by atoms with E-state index in [1.54, 1.807) is 19.9 Å². The van der Waals surface area contributed by atoms with Crippen molar-refractivity contribution in [3.63, 3.8) is 0 Å². The lowest BCUT2D eigenvalue weighted by molar-refractivity contribution is -0.150. The smallest absolute Gasteiger partial charge is 0.310 e. The lowest BCUT2D eigenvalue weighted by Gasteiger charge is -2.37. The van der Waals surface area contributed by atoms with Gasteiger partial charge < -0.3 is 9.47 Å². The molecule has 2 heterocycles. The van der Waals surface area contributed by atoms with Crippen molar-refractivity contribution >= 4 is 25.6 Å². The van der Waals surface area contributed by atoms with Crippen molar-refractivity contribution in [1.29, 1.82) is 0 Å². The van der Waals surface area contributed by atoms with Crippen LogP contribution in [0.15, 0.2) is 23.1 Å². The van der Waals surface area contributed by atoms with E-state index in [0.717, 1.165) is 0 Å². The molecule has 3 rings (SSSR count). The van der Waals surface area contributed by atoms with Crippen LogP contribution in [0, 0.1) is 12.8 Å². The van der Waals surface area contributed by atoms with E-state index in [0.29, 0.717) is 37.2 Å². The van der Waals surface area contributed by atoms with Crippen LogP contribution in [0.25, 0.3) is 0 Å². The number of ether oxygens (including phenoxy) is 2. The van der Waals surface area contributed by atoms with Gasteiger partial charge in [-0.2, -0.15) is 0 Å². The van der Waals surface area contributed by atoms with Gasteiger partial charge in [-0.25, -0.2) is 16.8 Å². The van der Waals surface area contributed by atoms with Crippen molar-refractivity contribution < 1.29 is 31.1 Å². The second kappa shape index (κ2) is 8.84. The molecule has 1 aromatic rings. The van der Waals surface area contributed by atoms with E-state index in [1.807, 2.05) is 4.90 Å². The Kier molecular flexibility index (Phi) is 6.78. The lowest BCUT2D eigenvalue weighted by atomic mass is 9.96. The van der Waals surface area contributed by atoms with Gasteiger partial charge >= 0.3 is 5.97 Å². The highest BCUT2D eigenvalue weighted by molar-refractivity contribution is 7.96. The number of rotatable bonds is 6. The third-order valence-corrected chi connectivity index (χ3v) is 10.0. The predicted molar refractivity (Wildman–Crippen MR) is 112 cm³/mol. The van der Waals surface area contributed by atoms with E-state index in [1.165, 1.54) is 19.2 Å². The van der Waals surface area contributed by atoms with Gasteiger partial charge in [0.2, 0.25) is 0 Å². The molecule has 0 aliphatic carbocycles. The Labute approximate surface area is 178 Å². The first-order valence-corrected chi connectivity index (χ1v) is 13.5. The largest absolute Gasteiger partial charge is 0.496 e. The van der Waals surface area contributed by atoms with Gasteiger partial charge in [0.25, 0.3) is 0 Å². The highest BCUT2D eigenvalue weighted by Gasteiger charge is 2.49. The Bertz CT molecular complexity index is 1000. The average Bonchev–Trinajstić information content (AvgIpc) is 3.04. The molecule has 2 aliphatic rings. The van der Waals surface area contributed by atoms with Gasteiger partial charge in [0.15, 0.2) is 19.7 Å². The Morgan fingerprint density at radius 1 is 1.27 bits per heavy atom. The molecule has 3 atom stereocenters. The van der Waals surface area contributed by atoms with Gasteiger partial charge in [-0.05, 0) is 57.0 Å². The van der Waals surface area contributed by atoms with Crippen LogP contribution in [0.1, 0.15) is 25.3 Å². The number of hydrogen-bond acceptors (Lipinski definition) is 8. The van der Waals surface area contributed by atoms with Gasteiger partial charge in [-0.15, -0.1) is 0 Å². The normalized spacial score (nSPS) is 27.0. The van der Waals surface area contributed by atoms with Crippen LogP contribution in [0.3, 0.4) is 0 Å². The van der Waals surface area contributed by atoms with Crippen molar-refractivity contribution in [2.45, 2.75) is 42.9 Å². The minimum Gasteiger partial charge on any atom is -0.496 e. The molecule has 2 saturated heterocycles.